The van der Waals surface area contributed by atoms with Gasteiger partial charge in [0.05, 0.1) is 6.61 Å². The van der Waals surface area contributed by atoms with Gasteiger partial charge in [0.1, 0.15) is 23.9 Å². The number of benzene rings is 1. The number of nitrogens with zero attached hydrogens (tertiary/aromatic N) is 5. The second kappa shape index (κ2) is 13.9. The maximum absolute atomic E-state index is 11.5. The molecule has 0 aliphatic carbocycles. The summed E-state index contributed by atoms with van der Waals surface area (Å²) in [4.78, 5) is 14.0. The lowest BCUT2D eigenvalue weighted by Gasteiger charge is -2.20. The van der Waals surface area contributed by atoms with Gasteiger partial charge in [0.15, 0.2) is 5.82 Å². The molecule has 1 aliphatic rings. The van der Waals surface area contributed by atoms with Crippen LogP contribution in [0.4, 0.5) is 5.82 Å². The van der Waals surface area contributed by atoms with Crippen LogP contribution in [0, 0.1) is 0 Å². The molecule has 220 valence electrons. The van der Waals surface area contributed by atoms with Crippen molar-refractivity contribution in [1.29, 1.82) is 0 Å². The Balaban J connectivity index is 1.56. The SMILES string of the molecule is CCCCOc1nc(N)c2c(n1)c(C(O)c1ccc(CN3CCCN(C)CC3)cc1)cn2COCC[Si](C)(C)C. The van der Waals surface area contributed by atoms with Crippen LogP contribution in [-0.4, -0.2) is 84.0 Å². The lowest BCUT2D eigenvalue weighted by Crippen LogP contribution is -2.28. The third-order valence-electron chi connectivity index (χ3n) is 7.51. The van der Waals surface area contributed by atoms with Gasteiger partial charge in [-0.2, -0.15) is 9.97 Å². The molecule has 3 aromatic rings. The number of aromatic nitrogens is 3. The van der Waals surface area contributed by atoms with Crippen molar-refractivity contribution in [3.8, 4) is 6.01 Å². The monoisotopic (exact) mass is 568 g/mol. The summed E-state index contributed by atoms with van der Waals surface area (Å²) in [6.45, 7) is 16.0. The molecule has 0 saturated carbocycles. The summed E-state index contributed by atoms with van der Waals surface area (Å²) in [6, 6.07) is 9.58. The molecule has 3 heterocycles. The second-order valence-electron chi connectivity index (χ2n) is 12.3. The fourth-order valence-electron chi connectivity index (χ4n) is 4.95. The summed E-state index contributed by atoms with van der Waals surface area (Å²) < 4.78 is 13.7. The van der Waals surface area contributed by atoms with Crippen LogP contribution in [0.15, 0.2) is 30.5 Å². The summed E-state index contributed by atoms with van der Waals surface area (Å²) >= 11 is 0. The van der Waals surface area contributed by atoms with Crippen LogP contribution in [0.1, 0.15) is 49.0 Å². The maximum Gasteiger partial charge on any atom is 0.319 e. The molecule has 10 heteroatoms. The molecule has 0 bridgehead atoms. The highest BCUT2D eigenvalue weighted by atomic mass is 28.3. The molecule has 1 saturated heterocycles. The van der Waals surface area contributed by atoms with Crippen molar-refractivity contribution in [2.75, 3.05) is 52.2 Å². The molecule has 0 spiro atoms. The first-order valence-corrected chi connectivity index (χ1v) is 18.4. The number of ether oxygens (including phenoxy) is 2. The van der Waals surface area contributed by atoms with E-state index in [4.69, 9.17) is 20.2 Å². The summed E-state index contributed by atoms with van der Waals surface area (Å²) in [5, 5.41) is 11.5. The standard InChI is InChI=1S/C30H48N6O3Si/c1-6-7-17-39-30-32-26-25(21-36(27(26)29(31)33-30)22-38-18-19-40(3,4)5)28(37)24-11-9-23(10-12-24)20-35-14-8-13-34(2)15-16-35/h9-12,21,28,37H,6-8,13-20,22H2,1-5H3,(H2,31,32,33). The molecule has 1 unspecified atom stereocenters. The van der Waals surface area contributed by atoms with Gasteiger partial charge in [-0.3, -0.25) is 4.90 Å². The predicted molar refractivity (Wildman–Crippen MR) is 164 cm³/mol. The Kier molecular flexibility index (Phi) is 10.6. The van der Waals surface area contributed by atoms with Gasteiger partial charge in [0.2, 0.25) is 0 Å². The Hall–Kier alpha value is -2.50. The number of unbranched alkanes of at least 4 members (excludes halogenated alkanes) is 1. The van der Waals surface area contributed by atoms with Gasteiger partial charge in [-0.05, 0) is 50.1 Å². The number of rotatable bonds is 13. The lowest BCUT2D eigenvalue weighted by atomic mass is 10.0. The Morgan fingerprint density at radius 1 is 1.05 bits per heavy atom. The van der Waals surface area contributed by atoms with Gasteiger partial charge < -0.3 is 29.8 Å². The Morgan fingerprint density at radius 2 is 1.82 bits per heavy atom. The summed E-state index contributed by atoms with van der Waals surface area (Å²) in [5.74, 6) is 0.321. The largest absolute Gasteiger partial charge is 0.463 e. The highest BCUT2D eigenvalue weighted by molar-refractivity contribution is 6.76. The number of aliphatic hydroxyl groups is 1. The van der Waals surface area contributed by atoms with E-state index in [0.717, 1.165) is 57.2 Å². The quantitative estimate of drug-likeness (QED) is 0.226. The maximum atomic E-state index is 11.5. The van der Waals surface area contributed by atoms with Gasteiger partial charge in [-0.25, -0.2) is 0 Å². The molecule has 1 aliphatic heterocycles. The molecular weight excluding hydrogens is 520 g/mol. The van der Waals surface area contributed by atoms with Crippen molar-refractivity contribution >= 4 is 24.9 Å². The Labute approximate surface area is 240 Å². The van der Waals surface area contributed by atoms with E-state index in [1.54, 1.807) is 0 Å². The molecule has 1 aromatic carbocycles. The fraction of sp³-hybridized carbons (Fsp3) is 0.600. The van der Waals surface area contributed by atoms with E-state index in [1.807, 2.05) is 22.9 Å². The van der Waals surface area contributed by atoms with E-state index < -0.39 is 14.2 Å². The molecule has 9 nitrogen and oxygen atoms in total. The molecule has 3 N–H and O–H groups in total. The van der Waals surface area contributed by atoms with E-state index in [9.17, 15) is 5.11 Å². The Morgan fingerprint density at radius 3 is 2.55 bits per heavy atom. The zero-order valence-electron chi connectivity index (χ0n) is 25.0. The lowest BCUT2D eigenvalue weighted by molar-refractivity contribution is 0.0899. The molecule has 0 radical (unpaired) electrons. The number of anilines is 1. The number of likely N-dealkylation sites (N-methyl/N-ethyl adjacent to an activating group) is 1. The van der Waals surface area contributed by atoms with Gasteiger partial charge >= 0.3 is 6.01 Å². The number of nitrogens with two attached hydrogens (primary N) is 1. The summed E-state index contributed by atoms with van der Waals surface area (Å²) in [5.41, 5.74) is 10.4. The number of aliphatic hydroxyl groups excluding tert-OH is 1. The zero-order chi connectivity index (χ0) is 28.7. The van der Waals surface area contributed by atoms with Gasteiger partial charge in [0, 0.05) is 46.1 Å². The number of fused-ring (bicyclic) bond motifs is 1. The van der Waals surface area contributed by atoms with Crippen LogP contribution in [0.2, 0.25) is 25.7 Å². The average Bonchev–Trinajstić information content (AvgIpc) is 3.15. The third kappa shape index (κ3) is 8.26. The highest BCUT2D eigenvalue weighted by Crippen LogP contribution is 2.33. The minimum atomic E-state index is -1.21. The van der Waals surface area contributed by atoms with Crippen molar-refractivity contribution in [2.45, 2.75) is 71.3 Å². The zero-order valence-corrected chi connectivity index (χ0v) is 26.0. The van der Waals surface area contributed by atoms with Crippen LogP contribution in [-0.2, 0) is 18.0 Å². The van der Waals surface area contributed by atoms with E-state index in [-0.39, 0.29) is 6.01 Å². The first kappa shape index (κ1) is 30.5. The molecule has 4 rings (SSSR count). The van der Waals surface area contributed by atoms with Crippen molar-refractivity contribution in [2.24, 2.45) is 0 Å². The van der Waals surface area contributed by atoms with Crippen LogP contribution < -0.4 is 10.5 Å². The van der Waals surface area contributed by atoms with Crippen LogP contribution in [0.5, 0.6) is 6.01 Å². The first-order chi connectivity index (χ1) is 19.1. The smallest absolute Gasteiger partial charge is 0.319 e. The van der Waals surface area contributed by atoms with E-state index >= 15 is 0 Å². The molecule has 2 aromatic heterocycles. The normalized spacial score (nSPS) is 16.4. The van der Waals surface area contributed by atoms with Crippen molar-refractivity contribution < 1.29 is 14.6 Å². The van der Waals surface area contributed by atoms with E-state index in [0.29, 0.717) is 42.4 Å². The number of nitrogen functional groups attached to an aromatic ring is 1. The topological polar surface area (TPSA) is 102 Å². The van der Waals surface area contributed by atoms with Crippen LogP contribution in [0.25, 0.3) is 11.0 Å². The van der Waals surface area contributed by atoms with E-state index in [1.165, 1.54) is 12.0 Å². The molecule has 0 amide bonds. The van der Waals surface area contributed by atoms with Crippen LogP contribution >= 0.6 is 0 Å². The summed E-state index contributed by atoms with van der Waals surface area (Å²) in [6.07, 6.45) is 4.13. The molecule has 40 heavy (non-hydrogen) atoms. The van der Waals surface area contributed by atoms with Crippen molar-refractivity contribution in [1.82, 2.24) is 24.3 Å². The van der Waals surface area contributed by atoms with Gasteiger partial charge in [0.25, 0.3) is 0 Å². The first-order valence-electron chi connectivity index (χ1n) is 14.7. The Bertz CT molecular complexity index is 1230. The summed E-state index contributed by atoms with van der Waals surface area (Å²) in [7, 11) is 0.979. The fourth-order valence-corrected chi connectivity index (χ4v) is 5.70. The van der Waals surface area contributed by atoms with E-state index in [2.05, 4.69) is 60.5 Å². The second-order valence-corrected chi connectivity index (χ2v) is 17.9. The minimum Gasteiger partial charge on any atom is -0.463 e. The molecular formula is C30H48N6O3Si. The number of hydrogen-bond donors (Lipinski definition) is 2. The van der Waals surface area contributed by atoms with Gasteiger partial charge in [-0.1, -0.05) is 57.3 Å². The minimum absolute atomic E-state index is 0.239. The predicted octanol–water partition coefficient (Wildman–Crippen LogP) is 4.72. The third-order valence-corrected chi connectivity index (χ3v) is 9.21. The van der Waals surface area contributed by atoms with Crippen LogP contribution in [0.3, 0.4) is 0 Å². The number of hydrogen-bond acceptors (Lipinski definition) is 8. The molecule has 1 atom stereocenters. The van der Waals surface area contributed by atoms with Crippen molar-refractivity contribution in [3.63, 3.8) is 0 Å². The average molecular weight is 569 g/mol. The molecule has 1 fully saturated rings. The van der Waals surface area contributed by atoms with Gasteiger partial charge in [-0.15, -0.1) is 0 Å². The highest BCUT2D eigenvalue weighted by Gasteiger charge is 2.23. The van der Waals surface area contributed by atoms with Crippen molar-refractivity contribution in [3.05, 3.63) is 47.2 Å².